The first-order valence-corrected chi connectivity index (χ1v) is 7.01. The van der Waals surface area contributed by atoms with Gasteiger partial charge in [-0.3, -0.25) is 4.79 Å². The number of thiazole rings is 1. The highest BCUT2D eigenvalue weighted by atomic mass is 32.1. The molecule has 0 radical (unpaired) electrons. The van der Waals surface area contributed by atoms with Crippen molar-refractivity contribution in [1.29, 1.82) is 0 Å². The van der Waals surface area contributed by atoms with Crippen LogP contribution in [0.2, 0.25) is 0 Å². The summed E-state index contributed by atoms with van der Waals surface area (Å²) in [7, 11) is 0. The second kappa shape index (κ2) is 5.60. The van der Waals surface area contributed by atoms with Crippen molar-refractivity contribution in [3.05, 3.63) is 16.1 Å². The molecule has 0 spiro atoms. The summed E-state index contributed by atoms with van der Waals surface area (Å²) in [4.78, 5) is 19.5. The van der Waals surface area contributed by atoms with Gasteiger partial charge in [-0.1, -0.05) is 6.92 Å². The van der Waals surface area contributed by atoms with Gasteiger partial charge in [0.25, 0.3) is 0 Å². The van der Waals surface area contributed by atoms with E-state index in [1.807, 2.05) is 17.3 Å². The Balaban J connectivity index is 1.92. The molecule has 5 heteroatoms. The third-order valence-corrected chi connectivity index (χ3v) is 4.04. The Morgan fingerprint density at radius 2 is 2.47 bits per heavy atom. The van der Waals surface area contributed by atoms with Crippen LogP contribution in [0.3, 0.4) is 0 Å². The number of aromatic nitrogens is 1. The summed E-state index contributed by atoms with van der Waals surface area (Å²) in [6, 6.07) is 0.0307. The van der Waals surface area contributed by atoms with Gasteiger partial charge in [0.05, 0.1) is 23.8 Å². The van der Waals surface area contributed by atoms with Crippen LogP contribution in [-0.2, 0) is 11.3 Å². The van der Waals surface area contributed by atoms with Crippen molar-refractivity contribution in [3.63, 3.8) is 0 Å². The van der Waals surface area contributed by atoms with E-state index in [0.717, 1.165) is 38.2 Å². The van der Waals surface area contributed by atoms with Crippen LogP contribution in [0.4, 0.5) is 0 Å². The minimum absolute atomic E-state index is 0.0307. The molecule has 1 aromatic rings. The lowest BCUT2D eigenvalue weighted by Crippen LogP contribution is -2.38. The number of nitrogens with one attached hydrogen (secondary N) is 1. The van der Waals surface area contributed by atoms with Crippen LogP contribution in [0.1, 0.15) is 30.3 Å². The molecular weight excluding hydrogens is 234 g/mol. The largest absolute Gasteiger partial charge is 0.336 e. The first-order chi connectivity index (χ1) is 8.22. The van der Waals surface area contributed by atoms with E-state index in [-0.39, 0.29) is 11.9 Å². The molecule has 1 saturated heterocycles. The molecule has 0 aromatic carbocycles. The van der Waals surface area contributed by atoms with Gasteiger partial charge in [0.1, 0.15) is 0 Å². The zero-order chi connectivity index (χ0) is 12.3. The van der Waals surface area contributed by atoms with Crippen molar-refractivity contribution in [3.8, 4) is 0 Å². The summed E-state index contributed by atoms with van der Waals surface area (Å²) in [5.74, 6) is 0.242. The molecule has 1 N–H and O–H groups in total. The predicted octanol–water partition coefficient (Wildman–Crippen LogP) is 1.55. The summed E-state index contributed by atoms with van der Waals surface area (Å²) in [6.07, 6.45) is 1.99. The maximum absolute atomic E-state index is 12.1. The highest BCUT2D eigenvalue weighted by Gasteiger charge is 2.31. The Kier molecular flexibility index (Phi) is 4.12. The third kappa shape index (κ3) is 2.84. The second-order valence-electron chi connectivity index (χ2n) is 4.42. The smallest absolute Gasteiger partial charge is 0.240 e. The Morgan fingerprint density at radius 1 is 1.65 bits per heavy atom. The second-order valence-corrected chi connectivity index (χ2v) is 5.36. The van der Waals surface area contributed by atoms with E-state index in [4.69, 9.17) is 0 Å². The molecule has 1 unspecified atom stereocenters. The zero-order valence-corrected chi connectivity index (χ0v) is 11.2. The summed E-state index contributed by atoms with van der Waals surface area (Å²) < 4.78 is 0. The number of hydrogen-bond donors (Lipinski definition) is 1. The van der Waals surface area contributed by atoms with Crippen molar-refractivity contribution >= 4 is 17.2 Å². The SMILES string of the molecule is CCCNC1CCN(Cc2scnc2C)C1=O. The van der Waals surface area contributed by atoms with Crippen molar-refractivity contribution < 1.29 is 4.79 Å². The number of likely N-dealkylation sites (tertiary alicyclic amines) is 1. The van der Waals surface area contributed by atoms with Gasteiger partial charge in [-0.15, -0.1) is 11.3 Å². The molecule has 1 aliphatic heterocycles. The number of hydrogen-bond acceptors (Lipinski definition) is 4. The van der Waals surface area contributed by atoms with Gasteiger partial charge in [-0.25, -0.2) is 4.98 Å². The molecule has 2 rings (SSSR count). The highest BCUT2D eigenvalue weighted by Crippen LogP contribution is 2.19. The standard InChI is InChI=1S/C12H19N3OS/c1-3-5-13-10-4-6-15(12(10)16)7-11-9(2)14-8-17-11/h8,10,13H,3-7H2,1-2H3. The number of rotatable bonds is 5. The predicted molar refractivity (Wildman–Crippen MR) is 69.0 cm³/mol. The Labute approximate surface area is 106 Å². The summed E-state index contributed by atoms with van der Waals surface area (Å²) in [5.41, 5.74) is 2.89. The maximum atomic E-state index is 12.1. The average molecular weight is 253 g/mol. The van der Waals surface area contributed by atoms with E-state index in [2.05, 4.69) is 17.2 Å². The number of amides is 1. The minimum Gasteiger partial charge on any atom is -0.336 e. The highest BCUT2D eigenvalue weighted by molar-refractivity contribution is 7.09. The van der Waals surface area contributed by atoms with Crippen molar-refractivity contribution in [2.24, 2.45) is 0 Å². The quantitative estimate of drug-likeness (QED) is 0.866. The van der Waals surface area contributed by atoms with Gasteiger partial charge in [-0.2, -0.15) is 0 Å². The van der Waals surface area contributed by atoms with Gasteiger partial charge in [-0.05, 0) is 26.3 Å². The zero-order valence-electron chi connectivity index (χ0n) is 10.4. The van der Waals surface area contributed by atoms with Crippen LogP contribution in [0, 0.1) is 6.92 Å². The van der Waals surface area contributed by atoms with E-state index < -0.39 is 0 Å². The van der Waals surface area contributed by atoms with Crippen molar-refractivity contribution in [2.45, 2.75) is 39.3 Å². The van der Waals surface area contributed by atoms with E-state index in [9.17, 15) is 4.79 Å². The third-order valence-electron chi connectivity index (χ3n) is 3.12. The van der Waals surface area contributed by atoms with Gasteiger partial charge in [0, 0.05) is 11.4 Å². The average Bonchev–Trinajstić information content (AvgIpc) is 2.86. The van der Waals surface area contributed by atoms with E-state index >= 15 is 0 Å². The molecule has 4 nitrogen and oxygen atoms in total. The molecule has 0 saturated carbocycles. The van der Waals surface area contributed by atoms with Crippen molar-refractivity contribution in [2.75, 3.05) is 13.1 Å². The summed E-state index contributed by atoms with van der Waals surface area (Å²) in [6.45, 7) is 6.62. The molecule has 1 amide bonds. The topological polar surface area (TPSA) is 45.2 Å². The fraction of sp³-hybridized carbons (Fsp3) is 0.667. The lowest BCUT2D eigenvalue weighted by molar-refractivity contribution is -0.129. The molecule has 1 aromatic heterocycles. The first-order valence-electron chi connectivity index (χ1n) is 6.13. The monoisotopic (exact) mass is 253 g/mol. The van der Waals surface area contributed by atoms with Gasteiger partial charge < -0.3 is 10.2 Å². The fourth-order valence-corrected chi connectivity index (χ4v) is 2.85. The Bertz CT molecular complexity index is 391. The first kappa shape index (κ1) is 12.5. The van der Waals surface area contributed by atoms with Crippen LogP contribution in [0.5, 0.6) is 0 Å². The number of carbonyl (C=O) groups excluding carboxylic acids is 1. The fourth-order valence-electron chi connectivity index (χ4n) is 2.06. The molecule has 0 aliphatic carbocycles. The van der Waals surface area contributed by atoms with Crippen molar-refractivity contribution in [1.82, 2.24) is 15.2 Å². The van der Waals surface area contributed by atoms with E-state index in [1.165, 1.54) is 4.88 Å². The number of carbonyl (C=O) groups is 1. The van der Waals surface area contributed by atoms with Crippen LogP contribution < -0.4 is 5.32 Å². The maximum Gasteiger partial charge on any atom is 0.240 e. The van der Waals surface area contributed by atoms with Gasteiger partial charge in [0.15, 0.2) is 0 Å². The number of nitrogens with zero attached hydrogens (tertiary/aromatic N) is 2. The molecule has 0 bridgehead atoms. The Hall–Kier alpha value is -0.940. The summed E-state index contributed by atoms with van der Waals surface area (Å²) >= 11 is 1.63. The molecule has 1 fully saturated rings. The molecule has 17 heavy (non-hydrogen) atoms. The molecule has 1 atom stereocenters. The molecule has 1 aliphatic rings. The van der Waals surface area contributed by atoms with Crippen LogP contribution >= 0.6 is 11.3 Å². The van der Waals surface area contributed by atoms with Crippen LogP contribution in [-0.4, -0.2) is 34.9 Å². The lowest BCUT2D eigenvalue weighted by atomic mass is 10.2. The summed E-state index contributed by atoms with van der Waals surface area (Å²) in [5, 5.41) is 3.30. The van der Waals surface area contributed by atoms with E-state index in [1.54, 1.807) is 11.3 Å². The lowest BCUT2D eigenvalue weighted by Gasteiger charge is -2.16. The van der Waals surface area contributed by atoms with Gasteiger partial charge >= 0.3 is 0 Å². The Morgan fingerprint density at radius 3 is 3.12 bits per heavy atom. The minimum atomic E-state index is 0.0307. The van der Waals surface area contributed by atoms with E-state index in [0.29, 0.717) is 0 Å². The van der Waals surface area contributed by atoms with Crippen LogP contribution in [0.25, 0.3) is 0 Å². The molecule has 2 heterocycles. The number of aryl methyl sites for hydroxylation is 1. The molecule has 94 valence electrons. The van der Waals surface area contributed by atoms with Crippen LogP contribution in [0.15, 0.2) is 5.51 Å². The normalized spacial score (nSPS) is 20.2. The van der Waals surface area contributed by atoms with Gasteiger partial charge in [0.2, 0.25) is 5.91 Å². The molecular formula is C12H19N3OS.